The lowest BCUT2D eigenvalue weighted by Crippen LogP contribution is -2.36. The minimum absolute atomic E-state index is 0.255. The van der Waals surface area contributed by atoms with Crippen molar-refractivity contribution >= 4 is 11.6 Å². The number of ether oxygens (including phenoxy) is 3. The normalized spacial score (nSPS) is 11.8. The number of rotatable bonds is 8. The van der Waals surface area contributed by atoms with Crippen molar-refractivity contribution in [1.29, 1.82) is 0 Å². The van der Waals surface area contributed by atoms with Crippen molar-refractivity contribution in [3.05, 3.63) is 18.2 Å². The van der Waals surface area contributed by atoms with E-state index in [4.69, 9.17) is 19.9 Å². The topological polar surface area (TPSA) is 82.8 Å². The van der Waals surface area contributed by atoms with E-state index in [2.05, 4.69) is 5.32 Å². The van der Waals surface area contributed by atoms with Crippen LogP contribution in [0.2, 0.25) is 0 Å². The molecule has 0 saturated heterocycles. The van der Waals surface area contributed by atoms with Gasteiger partial charge < -0.3 is 25.3 Å². The van der Waals surface area contributed by atoms with Crippen molar-refractivity contribution in [2.45, 2.75) is 19.4 Å². The Kier molecular flexibility index (Phi) is 6.83. The summed E-state index contributed by atoms with van der Waals surface area (Å²) in [4.78, 5) is 11.9. The summed E-state index contributed by atoms with van der Waals surface area (Å²) in [5.41, 5.74) is 6.37. The highest BCUT2D eigenvalue weighted by molar-refractivity contribution is 5.94. The number of nitrogens with one attached hydrogen (secondary N) is 1. The third-order valence-corrected chi connectivity index (χ3v) is 2.70. The van der Waals surface area contributed by atoms with Crippen LogP contribution in [0.15, 0.2) is 18.2 Å². The molecule has 1 rings (SSSR count). The van der Waals surface area contributed by atoms with E-state index in [1.54, 1.807) is 32.4 Å². The Hall–Kier alpha value is -1.79. The molecular formula is C14H22N2O4. The number of amides is 1. The quantitative estimate of drug-likeness (QED) is 0.753. The van der Waals surface area contributed by atoms with Gasteiger partial charge in [-0.1, -0.05) is 0 Å². The summed E-state index contributed by atoms with van der Waals surface area (Å²) in [6.45, 7) is 2.84. The molecule has 112 valence electrons. The molecule has 0 aliphatic rings. The fourth-order valence-electron chi connectivity index (χ4n) is 1.63. The first-order chi connectivity index (χ1) is 9.62. The zero-order valence-corrected chi connectivity index (χ0v) is 12.1. The summed E-state index contributed by atoms with van der Waals surface area (Å²) in [7, 11) is 3.14. The Labute approximate surface area is 119 Å². The zero-order chi connectivity index (χ0) is 15.0. The van der Waals surface area contributed by atoms with E-state index in [1.807, 2.05) is 6.92 Å². The van der Waals surface area contributed by atoms with Gasteiger partial charge in [0, 0.05) is 25.5 Å². The average molecular weight is 282 g/mol. The molecule has 0 aromatic heterocycles. The van der Waals surface area contributed by atoms with Crippen LogP contribution in [0.1, 0.15) is 13.3 Å². The number of carbonyl (C=O) groups excluding carboxylic acids is 1. The average Bonchev–Trinajstić information content (AvgIpc) is 2.45. The molecule has 0 saturated carbocycles. The third-order valence-electron chi connectivity index (χ3n) is 2.70. The van der Waals surface area contributed by atoms with E-state index < -0.39 is 6.04 Å². The molecule has 0 fully saturated rings. The van der Waals surface area contributed by atoms with Crippen LogP contribution in [0.4, 0.5) is 5.69 Å². The van der Waals surface area contributed by atoms with Crippen molar-refractivity contribution in [1.82, 2.24) is 0 Å². The maximum atomic E-state index is 11.9. The van der Waals surface area contributed by atoms with Crippen LogP contribution in [0.5, 0.6) is 11.5 Å². The van der Waals surface area contributed by atoms with Gasteiger partial charge in [-0.15, -0.1) is 0 Å². The Morgan fingerprint density at radius 2 is 2.10 bits per heavy atom. The number of benzene rings is 1. The van der Waals surface area contributed by atoms with Gasteiger partial charge in [-0.3, -0.25) is 4.79 Å². The summed E-state index contributed by atoms with van der Waals surface area (Å²) in [6, 6.07) is 4.58. The SMILES string of the molecule is CCOc1cc(NC(=O)C(N)CCOC)ccc1OC. The Morgan fingerprint density at radius 3 is 2.70 bits per heavy atom. The van der Waals surface area contributed by atoms with Gasteiger partial charge in [0.2, 0.25) is 5.91 Å². The second-order valence-electron chi connectivity index (χ2n) is 4.18. The van der Waals surface area contributed by atoms with Crippen LogP contribution in [0.25, 0.3) is 0 Å². The van der Waals surface area contributed by atoms with E-state index in [0.29, 0.717) is 36.8 Å². The molecule has 6 nitrogen and oxygen atoms in total. The predicted molar refractivity (Wildman–Crippen MR) is 77.3 cm³/mol. The lowest BCUT2D eigenvalue weighted by molar-refractivity contribution is -0.117. The summed E-state index contributed by atoms with van der Waals surface area (Å²) in [5.74, 6) is 0.946. The number of nitrogens with two attached hydrogens (primary N) is 1. The molecule has 0 bridgehead atoms. The van der Waals surface area contributed by atoms with Gasteiger partial charge in [-0.05, 0) is 25.5 Å². The van der Waals surface area contributed by atoms with Gasteiger partial charge in [0.1, 0.15) is 0 Å². The summed E-state index contributed by atoms with van der Waals surface area (Å²) in [6.07, 6.45) is 0.469. The molecule has 1 aromatic rings. The van der Waals surface area contributed by atoms with Crippen molar-refractivity contribution in [2.24, 2.45) is 5.73 Å². The maximum absolute atomic E-state index is 11.9. The van der Waals surface area contributed by atoms with E-state index in [1.165, 1.54) is 0 Å². The molecule has 1 amide bonds. The van der Waals surface area contributed by atoms with Crippen molar-refractivity contribution < 1.29 is 19.0 Å². The summed E-state index contributed by atoms with van der Waals surface area (Å²) < 4.78 is 15.5. The number of anilines is 1. The fraction of sp³-hybridized carbons (Fsp3) is 0.500. The largest absolute Gasteiger partial charge is 0.493 e. The van der Waals surface area contributed by atoms with E-state index in [-0.39, 0.29) is 5.91 Å². The van der Waals surface area contributed by atoms with E-state index in [9.17, 15) is 4.79 Å². The van der Waals surface area contributed by atoms with Crippen molar-refractivity contribution in [3.63, 3.8) is 0 Å². The molecular weight excluding hydrogens is 260 g/mol. The lowest BCUT2D eigenvalue weighted by Gasteiger charge is -2.14. The van der Waals surface area contributed by atoms with Crippen molar-refractivity contribution in [2.75, 3.05) is 32.8 Å². The standard InChI is InChI=1S/C14H22N2O4/c1-4-20-13-9-10(5-6-12(13)19-3)16-14(17)11(15)7-8-18-2/h5-6,9,11H,4,7-8,15H2,1-3H3,(H,16,17). The highest BCUT2D eigenvalue weighted by Crippen LogP contribution is 2.30. The van der Waals surface area contributed by atoms with E-state index in [0.717, 1.165) is 0 Å². The molecule has 6 heteroatoms. The molecule has 0 aliphatic heterocycles. The minimum atomic E-state index is -0.604. The first kappa shape index (κ1) is 16.3. The fourth-order valence-corrected chi connectivity index (χ4v) is 1.63. The van der Waals surface area contributed by atoms with Crippen LogP contribution in [-0.2, 0) is 9.53 Å². The molecule has 1 aromatic carbocycles. The predicted octanol–water partition coefficient (Wildman–Crippen LogP) is 1.40. The highest BCUT2D eigenvalue weighted by Gasteiger charge is 2.14. The van der Waals surface area contributed by atoms with Crippen LogP contribution >= 0.6 is 0 Å². The molecule has 1 atom stereocenters. The van der Waals surface area contributed by atoms with Crippen molar-refractivity contribution in [3.8, 4) is 11.5 Å². The van der Waals surface area contributed by atoms with E-state index >= 15 is 0 Å². The first-order valence-corrected chi connectivity index (χ1v) is 6.48. The Bertz CT molecular complexity index is 437. The van der Waals surface area contributed by atoms with Crippen LogP contribution in [-0.4, -0.2) is 39.4 Å². The molecule has 1 unspecified atom stereocenters. The molecule has 0 aliphatic carbocycles. The van der Waals surface area contributed by atoms with Crippen LogP contribution in [0.3, 0.4) is 0 Å². The third kappa shape index (κ3) is 4.71. The Balaban J connectivity index is 2.72. The summed E-state index contributed by atoms with van der Waals surface area (Å²) >= 11 is 0. The minimum Gasteiger partial charge on any atom is -0.493 e. The zero-order valence-electron chi connectivity index (χ0n) is 12.1. The molecule has 20 heavy (non-hydrogen) atoms. The smallest absolute Gasteiger partial charge is 0.241 e. The highest BCUT2D eigenvalue weighted by atomic mass is 16.5. The molecule has 3 N–H and O–H groups in total. The summed E-state index contributed by atoms with van der Waals surface area (Å²) in [5, 5.41) is 2.75. The number of hydrogen-bond acceptors (Lipinski definition) is 5. The number of hydrogen-bond donors (Lipinski definition) is 2. The van der Waals surface area contributed by atoms with Gasteiger partial charge in [-0.2, -0.15) is 0 Å². The Morgan fingerprint density at radius 1 is 1.35 bits per heavy atom. The monoisotopic (exact) mass is 282 g/mol. The van der Waals surface area contributed by atoms with Crippen LogP contribution < -0.4 is 20.5 Å². The number of methoxy groups -OCH3 is 2. The molecule has 0 radical (unpaired) electrons. The van der Waals surface area contributed by atoms with Gasteiger partial charge >= 0.3 is 0 Å². The second-order valence-corrected chi connectivity index (χ2v) is 4.18. The van der Waals surface area contributed by atoms with Gasteiger partial charge in [0.15, 0.2) is 11.5 Å². The molecule has 0 spiro atoms. The van der Waals surface area contributed by atoms with Gasteiger partial charge in [0.25, 0.3) is 0 Å². The van der Waals surface area contributed by atoms with Crippen LogP contribution in [0, 0.1) is 0 Å². The number of carbonyl (C=O) groups is 1. The molecule has 0 heterocycles. The first-order valence-electron chi connectivity index (χ1n) is 6.48. The maximum Gasteiger partial charge on any atom is 0.241 e. The van der Waals surface area contributed by atoms with Gasteiger partial charge in [0.05, 0.1) is 19.8 Å². The van der Waals surface area contributed by atoms with Gasteiger partial charge in [-0.25, -0.2) is 0 Å². The lowest BCUT2D eigenvalue weighted by atomic mass is 10.2. The second kappa shape index (κ2) is 8.39.